The van der Waals surface area contributed by atoms with Gasteiger partial charge in [0.15, 0.2) is 0 Å². The third kappa shape index (κ3) is 3.72. The Morgan fingerprint density at radius 1 is 1.11 bits per heavy atom. The molecular formula is C19H18Cl2N2O4S. The average Bonchev–Trinajstić information content (AvgIpc) is 3.14. The molecule has 1 saturated heterocycles. The highest BCUT2D eigenvalue weighted by Crippen LogP contribution is 2.30. The number of nitrogens with one attached hydrogen (secondary N) is 1. The molecule has 2 aromatic rings. The number of ether oxygens (including phenoxy) is 1. The predicted octanol–water partition coefficient (Wildman–Crippen LogP) is 3.12. The van der Waals surface area contributed by atoms with Crippen LogP contribution in [0.5, 0.6) is 5.75 Å². The molecular weight excluding hydrogens is 423 g/mol. The number of halogens is 2. The molecule has 0 radical (unpaired) electrons. The van der Waals surface area contributed by atoms with Crippen molar-refractivity contribution in [1.82, 2.24) is 9.62 Å². The van der Waals surface area contributed by atoms with Gasteiger partial charge in [0.05, 0.1) is 21.5 Å². The Balaban J connectivity index is 1.50. The Kier molecular flexibility index (Phi) is 5.26. The molecule has 4 rings (SSSR count). The molecule has 0 bridgehead atoms. The van der Waals surface area contributed by atoms with Gasteiger partial charge in [0.25, 0.3) is 5.91 Å². The Morgan fingerprint density at radius 2 is 1.93 bits per heavy atom. The van der Waals surface area contributed by atoms with Gasteiger partial charge in [-0.1, -0.05) is 29.3 Å². The van der Waals surface area contributed by atoms with Crippen molar-refractivity contribution >= 4 is 39.1 Å². The van der Waals surface area contributed by atoms with Crippen molar-refractivity contribution in [3.63, 3.8) is 0 Å². The molecule has 1 fully saturated rings. The van der Waals surface area contributed by atoms with Crippen LogP contribution in [-0.4, -0.2) is 44.4 Å². The highest BCUT2D eigenvalue weighted by molar-refractivity contribution is 7.89. The first kappa shape index (κ1) is 19.5. The molecule has 0 aromatic heterocycles. The number of hydrogen-bond acceptors (Lipinski definition) is 4. The van der Waals surface area contributed by atoms with Gasteiger partial charge in [-0.15, -0.1) is 0 Å². The topological polar surface area (TPSA) is 75.7 Å². The van der Waals surface area contributed by atoms with Crippen molar-refractivity contribution in [2.75, 3.05) is 19.6 Å². The number of carbonyl (C=O) groups is 1. The van der Waals surface area contributed by atoms with Gasteiger partial charge in [0.2, 0.25) is 10.0 Å². The molecule has 1 N–H and O–H groups in total. The van der Waals surface area contributed by atoms with E-state index in [1.165, 1.54) is 10.4 Å². The Hall–Kier alpha value is -1.80. The zero-order chi connectivity index (χ0) is 19.9. The summed E-state index contributed by atoms with van der Waals surface area (Å²) < 4.78 is 33.3. The Bertz CT molecular complexity index is 1040. The summed E-state index contributed by atoms with van der Waals surface area (Å²) in [5.74, 6) is 0.310. The van der Waals surface area contributed by atoms with Gasteiger partial charge in [-0.3, -0.25) is 4.79 Å². The van der Waals surface area contributed by atoms with Crippen LogP contribution in [0, 0.1) is 0 Å². The lowest BCUT2D eigenvalue weighted by Gasteiger charge is -2.20. The fourth-order valence-electron chi connectivity index (χ4n) is 3.46. The van der Waals surface area contributed by atoms with Gasteiger partial charge in [0, 0.05) is 24.7 Å². The number of amides is 1. The number of rotatable bonds is 4. The molecule has 1 unspecified atom stereocenters. The van der Waals surface area contributed by atoms with Crippen LogP contribution < -0.4 is 10.1 Å². The second-order valence-corrected chi connectivity index (χ2v) is 9.54. The van der Waals surface area contributed by atoms with Crippen LogP contribution in [0.25, 0.3) is 0 Å². The fourth-order valence-corrected chi connectivity index (χ4v) is 5.26. The number of hydrogen-bond donors (Lipinski definition) is 1. The minimum Gasteiger partial charge on any atom is -0.489 e. The first-order valence-corrected chi connectivity index (χ1v) is 11.1. The molecule has 2 heterocycles. The first-order chi connectivity index (χ1) is 13.3. The van der Waals surface area contributed by atoms with Crippen molar-refractivity contribution in [1.29, 1.82) is 0 Å². The summed E-state index contributed by atoms with van der Waals surface area (Å²) in [4.78, 5) is 12.2. The van der Waals surface area contributed by atoms with E-state index in [2.05, 4.69) is 5.32 Å². The van der Waals surface area contributed by atoms with Crippen molar-refractivity contribution < 1.29 is 17.9 Å². The maximum absolute atomic E-state index is 13.0. The van der Waals surface area contributed by atoms with Crippen LogP contribution in [0.15, 0.2) is 41.3 Å². The lowest BCUT2D eigenvalue weighted by molar-refractivity contribution is 0.0945. The van der Waals surface area contributed by atoms with E-state index in [9.17, 15) is 13.2 Å². The minimum absolute atomic E-state index is 0.124. The molecule has 0 spiro atoms. The Labute approximate surface area is 173 Å². The molecule has 9 heteroatoms. The third-order valence-corrected chi connectivity index (χ3v) is 7.55. The highest BCUT2D eigenvalue weighted by atomic mass is 35.5. The molecule has 2 aliphatic rings. The molecule has 2 aliphatic heterocycles. The zero-order valence-corrected chi connectivity index (χ0v) is 17.1. The molecule has 2 aromatic carbocycles. The maximum Gasteiger partial charge on any atom is 0.251 e. The van der Waals surface area contributed by atoms with Crippen LogP contribution >= 0.6 is 23.2 Å². The van der Waals surface area contributed by atoms with Gasteiger partial charge in [-0.2, -0.15) is 4.31 Å². The molecule has 1 atom stereocenters. The van der Waals surface area contributed by atoms with Crippen molar-refractivity contribution in [2.24, 2.45) is 0 Å². The average molecular weight is 441 g/mol. The van der Waals surface area contributed by atoms with E-state index >= 15 is 0 Å². The molecule has 0 aliphatic carbocycles. The van der Waals surface area contributed by atoms with Gasteiger partial charge < -0.3 is 10.1 Å². The van der Waals surface area contributed by atoms with Gasteiger partial charge in [0.1, 0.15) is 11.9 Å². The molecule has 1 amide bonds. The van der Waals surface area contributed by atoms with E-state index in [0.717, 1.165) is 5.56 Å². The van der Waals surface area contributed by atoms with Crippen LogP contribution in [0.3, 0.4) is 0 Å². The third-order valence-electron chi connectivity index (χ3n) is 4.95. The summed E-state index contributed by atoms with van der Waals surface area (Å²) in [7, 11) is -3.71. The van der Waals surface area contributed by atoms with Crippen LogP contribution in [-0.2, 0) is 16.4 Å². The van der Waals surface area contributed by atoms with Gasteiger partial charge in [-0.25, -0.2) is 8.42 Å². The molecule has 0 saturated carbocycles. The minimum atomic E-state index is -3.71. The smallest absolute Gasteiger partial charge is 0.251 e. The highest BCUT2D eigenvalue weighted by Gasteiger charge is 2.34. The summed E-state index contributed by atoms with van der Waals surface area (Å²) >= 11 is 11.9. The number of nitrogens with zero attached hydrogens (tertiary/aromatic N) is 1. The molecule has 6 nitrogen and oxygen atoms in total. The van der Waals surface area contributed by atoms with E-state index in [4.69, 9.17) is 27.9 Å². The summed E-state index contributed by atoms with van der Waals surface area (Å²) in [6.07, 6.45) is 0.975. The van der Waals surface area contributed by atoms with Crippen molar-refractivity contribution in [3.8, 4) is 5.75 Å². The second-order valence-electron chi connectivity index (χ2n) is 6.79. The normalized spacial score (nSPS) is 19.9. The van der Waals surface area contributed by atoms with E-state index in [0.29, 0.717) is 47.3 Å². The second kappa shape index (κ2) is 7.55. The van der Waals surface area contributed by atoms with E-state index < -0.39 is 10.0 Å². The van der Waals surface area contributed by atoms with Crippen LogP contribution in [0.2, 0.25) is 10.0 Å². The van der Waals surface area contributed by atoms with E-state index in [1.54, 1.807) is 30.3 Å². The van der Waals surface area contributed by atoms with E-state index in [1.807, 2.05) is 0 Å². The summed E-state index contributed by atoms with van der Waals surface area (Å²) in [5, 5.41) is 3.56. The van der Waals surface area contributed by atoms with Gasteiger partial charge in [-0.05, 0) is 42.7 Å². The van der Waals surface area contributed by atoms with Gasteiger partial charge >= 0.3 is 0 Å². The van der Waals surface area contributed by atoms with Crippen molar-refractivity contribution in [3.05, 3.63) is 57.6 Å². The van der Waals surface area contributed by atoms with Crippen LogP contribution in [0.1, 0.15) is 22.3 Å². The fraction of sp³-hybridized carbons (Fsp3) is 0.316. The molecule has 148 valence electrons. The summed E-state index contributed by atoms with van der Waals surface area (Å²) in [6.45, 7) is 1.14. The standard InChI is InChI=1S/C19H18Cl2N2O4S/c20-17-4-2-13(9-18(17)21)27-14-6-8-23(11-14)28(25,26)15-3-1-12-5-7-22-19(24)16(12)10-15/h1-4,9-10,14H,5-8,11H2,(H,22,24). The first-order valence-electron chi connectivity index (χ1n) is 8.87. The summed E-state index contributed by atoms with van der Waals surface area (Å²) in [5.41, 5.74) is 1.29. The SMILES string of the molecule is O=C1NCCc2ccc(S(=O)(=O)N3CCC(Oc4ccc(Cl)c(Cl)c4)C3)cc21. The number of benzene rings is 2. The quantitative estimate of drug-likeness (QED) is 0.791. The number of carbonyl (C=O) groups excluding carboxylic acids is 1. The zero-order valence-electron chi connectivity index (χ0n) is 14.8. The monoisotopic (exact) mass is 440 g/mol. The molecule has 28 heavy (non-hydrogen) atoms. The number of sulfonamides is 1. The maximum atomic E-state index is 13.0. The Morgan fingerprint density at radius 3 is 2.71 bits per heavy atom. The predicted molar refractivity (Wildman–Crippen MR) is 107 cm³/mol. The lowest BCUT2D eigenvalue weighted by Crippen LogP contribution is -2.33. The van der Waals surface area contributed by atoms with Crippen molar-refractivity contribution in [2.45, 2.75) is 23.8 Å². The van der Waals surface area contributed by atoms with E-state index in [-0.39, 0.29) is 23.5 Å². The largest absolute Gasteiger partial charge is 0.489 e. The number of fused-ring (bicyclic) bond motifs is 1. The lowest BCUT2D eigenvalue weighted by atomic mass is 10.0. The van der Waals surface area contributed by atoms with Crippen LogP contribution in [0.4, 0.5) is 0 Å². The summed E-state index contributed by atoms with van der Waals surface area (Å²) in [6, 6.07) is 9.71.